The third-order valence-electron chi connectivity index (χ3n) is 2.03. The smallest absolute Gasteiger partial charge is 0.218 e. The molecule has 0 saturated heterocycles. The molecular weight excluding hydrogens is 317 g/mol. The van der Waals surface area contributed by atoms with Crippen LogP contribution in [-0.4, -0.2) is 8.42 Å². The lowest BCUT2D eigenvalue weighted by atomic mass is 10.1. The fourth-order valence-electron chi connectivity index (χ4n) is 1.28. The molecule has 1 aromatic carbocycles. The molecule has 0 aliphatic carbocycles. The summed E-state index contributed by atoms with van der Waals surface area (Å²) in [5.74, 6) is -11.1. The van der Waals surface area contributed by atoms with Gasteiger partial charge in [-0.3, -0.25) is 0 Å². The first-order chi connectivity index (χ1) is 8.95. The quantitative estimate of drug-likeness (QED) is 0.476. The molecule has 0 atom stereocenters. The lowest BCUT2D eigenvalue weighted by molar-refractivity contribution is -0.143. The highest BCUT2D eigenvalue weighted by Crippen LogP contribution is 2.38. The van der Waals surface area contributed by atoms with E-state index < -0.39 is 49.7 Å². The Labute approximate surface area is 107 Å². The van der Waals surface area contributed by atoms with Gasteiger partial charge in [0.2, 0.25) is 9.84 Å². The first-order valence-corrected chi connectivity index (χ1v) is 6.03. The Morgan fingerprint density at radius 1 is 0.950 bits per heavy atom. The summed E-state index contributed by atoms with van der Waals surface area (Å²) in [7, 11) is -5.07. The third-order valence-corrected chi connectivity index (χ3v) is 3.43. The molecular formula is C10H3F7O2S. The van der Waals surface area contributed by atoms with Crippen molar-refractivity contribution in [2.24, 2.45) is 0 Å². The molecule has 0 amide bonds. The number of rotatable bonds is 2. The molecule has 2 nitrogen and oxygen atoms in total. The van der Waals surface area contributed by atoms with Crippen LogP contribution < -0.4 is 0 Å². The van der Waals surface area contributed by atoms with Gasteiger partial charge >= 0.3 is 6.18 Å². The van der Waals surface area contributed by atoms with Crippen molar-refractivity contribution in [1.82, 2.24) is 0 Å². The Hall–Kier alpha value is -1.80. The van der Waals surface area contributed by atoms with Crippen molar-refractivity contribution < 1.29 is 39.2 Å². The van der Waals surface area contributed by atoms with Crippen molar-refractivity contribution in [3.8, 4) is 0 Å². The standard InChI is InChI=1S/C10H3F7O2S/c1-2-3-20(18,19)9-7(13)5(11)4(10(15,16)17)6(12)8(9)14/h3H,1H2. The monoisotopic (exact) mass is 320 g/mol. The molecule has 0 bridgehead atoms. The van der Waals surface area contributed by atoms with Crippen LogP contribution in [0.4, 0.5) is 30.7 Å². The maximum absolute atomic E-state index is 13.3. The number of benzene rings is 1. The van der Waals surface area contributed by atoms with Gasteiger partial charge in [-0.2, -0.15) is 13.2 Å². The van der Waals surface area contributed by atoms with E-state index in [-0.39, 0.29) is 5.41 Å². The molecule has 0 heterocycles. The summed E-state index contributed by atoms with van der Waals surface area (Å²) < 4.78 is 112. The second kappa shape index (κ2) is 4.95. The van der Waals surface area contributed by atoms with Crippen LogP contribution in [0.3, 0.4) is 0 Å². The normalized spacial score (nSPS) is 12.2. The highest BCUT2D eigenvalue weighted by molar-refractivity contribution is 7.94. The fraction of sp³-hybridized carbons (Fsp3) is 0.100. The number of sulfone groups is 1. The van der Waals surface area contributed by atoms with E-state index in [1.165, 1.54) is 0 Å². The van der Waals surface area contributed by atoms with Gasteiger partial charge < -0.3 is 0 Å². The van der Waals surface area contributed by atoms with Gasteiger partial charge in [-0.15, -0.1) is 5.73 Å². The molecule has 0 saturated carbocycles. The molecule has 0 fully saturated rings. The summed E-state index contributed by atoms with van der Waals surface area (Å²) in [6.07, 6.45) is -5.74. The van der Waals surface area contributed by atoms with Crippen LogP contribution in [0.15, 0.2) is 22.6 Å². The van der Waals surface area contributed by atoms with E-state index in [0.29, 0.717) is 0 Å². The molecule has 0 N–H and O–H groups in total. The van der Waals surface area contributed by atoms with Crippen LogP contribution in [0.5, 0.6) is 0 Å². The van der Waals surface area contributed by atoms with Gasteiger partial charge in [-0.25, -0.2) is 26.0 Å². The van der Waals surface area contributed by atoms with Crippen molar-refractivity contribution in [3.63, 3.8) is 0 Å². The average molecular weight is 320 g/mol. The highest BCUT2D eigenvalue weighted by Gasteiger charge is 2.44. The molecule has 0 radical (unpaired) electrons. The molecule has 1 aromatic rings. The first-order valence-electron chi connectivity index (χ1n) is 4.49. The molecule has 10 heteroatoms. The van der Waals surface area contributed by atoms with Crippen LogP contribution in [0.2, 0.25) is 0 Å². The summed E-state index contributed by atoms with van der Waals surface area (Å²) in [6.45, 7) is 2.76. The van der Waals surface area contributed by atoms with Gasteiger partial charge in [-0.1, -0.05) is 6.58 Å². The summed E-state index contributed by atoms with van der Waals surface area (Å²) in [5.41, 5.74) is -1.27. The van der Waals surface area contributed by atoms with E-state index in [9.17, 15) is 39.2 Å². The molecule has 0 aliphatic heterocycles. The molecule has 20 heavy (non-hydrogen) atoms. The third kappa shape index (κ3) is 2.56. The Morgan fingerprint density at radius 3 is 1.65 bits per heavy atom. The van der Waals surface area contributed by atoms with Crippen molar-refractivity contribution in [2.45, 2.75) is 11.1 Å². The van der Waals surface area contributed by atoms with Gasteiger partial charge in [0.15, 0.2) is 23.3 Å². The van der Waals surface area contributed by atoms with Crippen LogP contribution in [0.25, 0.3) is 0 Å². The van der Waals surface area contributed by atoms with Crippen LogP contribution >= 0.6 is 0 Å². The van der Waals surface area contributed by atoms with Gasteiger partial charge in [-0.05, 0) is 0 Å². The van der Waals surface area contributed by atoms with E-state index in [1.807, 2.05) is 0 Å². The Morgan fingerprint density at radius 2 is 1.35 bits per heavy atom. The van der Waals surface area contributed by atoms with Gasteiger partial charge in [0, 0.05) is 0 Å². The summed E-state index contributed by atoms with van der Waals surface area (Å²) >= 11 is 0. The second-order valence-corrected chi connectivity index (χ2v) is 5.06. The minimum Gasteiger partial charge on any atom is -0.218 e. The molecule has 0 aliphatic rings. The fourth-order valence-corrected chi connectivity index (χ4v) is 2.29. The van der Waals surface area contributed by atoms with Crippen LogP contribution in [0.1, 0.15) is 5.56 Å². The van der Waals surface area contributed by atoms with E-state index >= 15 is 0 Å². The maximum atomic E-state index is 13.3. The van der Waals surface area contributed by atoms with Crippen molar-refractivity contribution in [3.05, 3.63) is 46.6 Å². The molecule has 0 aromatic heterocycles. The predicted molar refractivity (Wildman–Crippen MR) is 52.2 cm³/mol. The Balaban J connectivity index is 3.93. The molecule has 110 valence electrons. The maximum Gasteiger partial charge on any atom is 0.422 e. The average Bonchev–Trinajstić information content (AvgIpc) is 2.24. The van der Waals surface area contributed by atoms with E-state index in [4.69, 9.17) is 0 Å². The van der Waals surface area contributed by atoms with Crippen LogP contribution in [0, 0.1) is 23.3 Å². The zero-order valence-corrected chi connectivity index (χ0v) is 9.97. The molecule has 0 unspecified atom stereocenters. The largest absolute Gasteiger partial charge is 0.422 e. The number of hydrogen-bond donors (Lipinski definition) is 0. The van der Waals surface area contributed by atoms with Gasteiger partial charge in [0.05, 0.1) is 5.41 Å². The van der Waals surface area contributed by atoms with Gasteiger partial charge in [0.1, 0.15) is 10.5 Å². The van der Waals surface area contributed by atoms with Gasteiger partial charge in [0.25, 0.3) is 0 Å². The van der Waals surface area contributed by atoms with Crippen LogP contribution in [-0.2, 0) is 16.0 Å². The summed E-state index contributed by atoms with van der Waals surface area (Å²) in [4.78, 5) is -2.18. The Kier molecular flexibility index (Phi) is 4.02. The summed E-state index contributed by atoms with van der Waals surface area (Å²) in [6, 6.07) is 0. The van der Waals surface area contributed by atoms with E-state index in [0.717, 1.165) is 0 Å². The van der Waals surface area contributed by atoms with Crippen molar-refractivity contribution >= 4 is 9.84 Å². The predicted octanol–water partition coefficient (Wildman–Crippen LogP) is 3.33. The zero-order chi connectivity index (χ0) is 15.9. The number of hydrogen-bond acceptors (Lipinski definition) is 2. The second-order valence-electron chi connectivity index (χ2n) is 3.32. The van der Waals surface area contributed by atoms with E-state index in [2.05, 4.69) is 6.58 Å². The van der Waals surface area contributed by atoms with Crippen molar-refractivity contribution in [1.29, 1.82) is 0 Å². The minimum absolute atomic E-state index is 0.0410. The summed E-state index contributed by atoms with van der Waals surface area (Å²) in [5, 5.41) is -0.0410. The lowest BCUT2D eigenvalue weighted by Gasteiger charge is -2.13. The minimum atomic E-state index is -5.74. The van der Waals surface area contributed by atoms with E-state index in [1.54, 1.807) is 5.73 Å². The topological polar surface area (TPSA) is 34.1 Å². The number of alkyl halides is 3. The van der Waals surface area contributed by atoms with Crippen molar-refractivity contribution in [2.75, 3.05) is 0 Å². The lowest BCUT2D eigenvalue weighted by Crippen LogP contribution is -2.18. The molecule has 1 rings (SSSR count). The zero-order valence-electron chi connectivity index (χ0n) is 9.15. The number of halogens is 7. The SMILES string of the molecule is C=C=CS(=O)(=O)c1c(F)c(F)c(C(F)(F)F)c(F)c1F. The first kappa shape index (κ1) is 16.3. The molecule has 0 spiro atoms. The Bertz CT molecular complexity index is 683. The highest BCUT2D eigenvalue weighted by atomic mass is 32.2.